The van der Waals surface area contributed by atoms with Crippen molar-refractivity contribution >= 4 is 0 Å². The van der Waals surface area contributed by atoms with Gasteiger partial charge in [-0.3, -0.25) is 4.68 Å². The van der Waals surface area contributed by atoms with Crippen LogP contribution < -0.4 is 0 Å². The van der Waals surface area contributed by atoms with E-state index in [1.807, 2.05) is 17.0 Å². The molecule has 3 heterocycles. The second-order valence-electron chi connectivity index (χ2n) is 4.09. The Morgan fingerprint density at radius 2 is 1.79 bits per heavy atom. The van der Waals surface area contributed by atoms with Crippen LogP contribution in [0.2, 0.25) is 0 Å². The largest absolute Gasteiger partial charge is 0.337 e. The minimum atomic E-state index is 0.630. The van der Waals surface area contributed by atoms with Gasteiger partial charge in [-0.1, -0.05) is 5.21 Å². The van der Waals surface area contributed by atoms with Crippen molar-refractivity contribution in [3.05, 3.63) is 43.4 Å². The summed E-state index contributed by atoms with van der Waals surface area (Å²) in [7, 11) is 0. The van der Waals surface area contributed by atoms with Crippen molar-refractivity contribution in [1.29, 1.82) is 0 Å². The Labute approximate surface area is 108 Å². The zero-order chi connectivity index (χ0) is 12.9. The molecule has 19 heavy (non-hydrogen) atoms. The van der Waals surface area contributed by atoms with Crippen LogP contribution in [0.15, 0.2) is 37.4 Å². The van der Waals surface area contributed by atoms with Crippen LogP contribution in [0.5, 0.6) is 0 Å². The summed E-state index contributed by atoms with van der Waals surface area (Å²) in [6.07, 6.45) is 10.5. The maximum Gasteiger partial charge on any atom is 0.138 e. The zero-order valence-corrected chi connectivity index (χ0v) is 10.1. The highest BCUT2D eigenvalue weighted by atomic mass is 15.5. The van der Waals surface area contributed by atoms with E-state index in [2.05, 4.69) is 30.8 Å². The van der Waals surface area contributed by atoms with Crippen LogP contribution in [0.3, 0.4) is 0 Å². The molecular weight excluding hydrogens is 246 g/mol. The van der Waals surface area contributed by atoms with Crippen molar-refractivity contribution in [2.45, 2.75) is 19.6 Å². The van der Waals surface area contributed by atoms with E-state index < -0.39 is 0 Å². The first kappa shape index (κ1) is 11.5. The topological polar surface area (TPSA) is 92.1 Å². The summed E-state index contributed by atoms with van der Waals surface area (Å²) in [6, 6.07) is 0. The molecule has 0 bridgehead atoms. The predicted octanol–water partition coefficient (Wildman–Crippen LogP) is -0.564. The van der Waals surface area contributed by atoms with Gasteiger partial charge in [0.1, 0.15) is 6.33 Å². The number of rotatable bonds is 6. The smallest absolute Gasteiger partial charge is 0.138 e. The average molecular weight is 258 g/mol. The average Bonchev–Trinajstić information content (AvgIpc) is 3.10. The maximum absolute atomic E-state index is 4.04. The monoisotopic (exact) mass is 258 g/mol. The van der Waals surface area contributed by atoms with E-state index >= 15 is 0 Å². The lowest BCUT2D eigenvalue weighted by Gasteiger charge is -2.15. The molecule has 97 valence electrons. The summed E-state index contributed by atoms with van der Waals surface area (Å²) in [4.78, 5) is 4.04. The normalized spacial score (nSPS) is 11.2. The molecule has 3 rings (SSSR count). The molecule has 9 heteroatoms. The van der Waals surface area contributed by atoms with Crippen molar-refractivity contribution < 1.29 is 0 Å². The molecule has 0 saturated carbocycles. The van der Waals surface area contributed by atoms with Gasteiger partial charge in [0.25, 0.3) is 0 Å². The Morgan fingerprint density at radius 3 is 2.47 bits per heavy atom. The summed E-state index contributed by atoms with van der Waals surface area (Å²) < 4.78 is 5.45. The first-order chi connectivity index (χ1) is 9.40. The van der Waals surface area contributed by atoms with Gasteiger partial charge in [0, 0.05) is 31.1 Å². The van der Waals surface area contributed by atoms with E-state index in [1.165, 1.54) is 5.92 Å². The zero-order valence-electron chi connectivity index (χ0n) is 10.1. The molecule has 0 amide bonds. The molecule has 0 saturated heterocycles. The Bertz CT molecular complexity index is 482. The van der Waals surface area contributed by atoms with Crippen LogP contribution >= 0.6 is 0 Å². The van der Waals surface area contributed by atoms with Gasteiger partial charge in [-0.2, -0.15) is 0 Å². The van der Waals surface area contributed by atoms with Crippen LogP contribution in [-0.4, -0.2) is 44.8 Å². The number of hydrogen-bond donors (Lipinski definition) is 0. The molecule has 0 aliphatic rings. The highest BCUT2D eigenvalue weighted by molar-refractivity contribution is 4.92. The fraction of sp³-hybridized carbons (Fsp3) is 0.300. The Balaban J connectivity index is 1.70. The van der Waals surface area contributed by atoms with Crippen LogP contribution in [-0.2, 0) is 19.6 Å². The second-order valence-corrected chi connectivity index (χ2v) is 4.09. The van der Waals surface area contributed by atoms with E-state index in [9.17, 15) is 0 Å². The summed E-state index contributed by atoms with van der Waals surface area (Å²) in [5.74, 6) is 1.19. The van der Waals surface area contributed by atoms with Gasteiger partial charge in [-0.25, -0.2) is 9.67 Å². The van der Waals surface area contributed by atoms with Gasteiger partial charge in [-0.05, 0) is 10.4 Å². The molecule has 9 nitrogen and oxygen atoms in total. The summed E-state index contributed by atoms with van der Waals surface area (Å²) in [5.41, 5.74) is 0. The number of aromatic nitrogens is 9. The quantitative estimate of drug-likeness (QED) is 0.588. The third-order valence-electron chi connectivity index (χ3n) is 2.60. The van der Waals surface area contributed by atoms with Gasteiger partial charge >= 0.3 is 0 Å². The molecule has 3 aromatic heterocycles. The standard InChI is InChI=1S/C10H12N9/c1-3-17(8-11-1)5-10(6-18-4-2-12-15-18)7-19-9-13-14-16-19/h1-4,8-9H,5-7H2. The van der Waals surface area contributed by atoms with E-state index in [0.29, 0.717) is 13.1 Å². The summed E-state index contributed by atoms with van der Waals surface area (Å²) >= 11 is 0. The van der Waals surface area contributed by atoms with Gasteiger partial charge in [-0.15, -0.1) is 10.2 Å². The Hall–Kier alpha value is -2.58. The molecule has 0 fully saturated rings. The van der Waals surface area contributed by atoms with Crippen LogP contribution in [0, 0.1) is 5.92 Å². The SMILES string of the molecule is c1cn(C[C](Cn2ccnn2)Cn2cnnn2)cn1. The first-order valence-corrected chi connectivity index (χ1v) is 5.74. The van der Waals surface area contributed by atoms with E-state index in [-0.39, 0.29) is 0 Å². The molecule has 0 atom stereocenters. The minimum Gasteiger partial charge on any atom is -0.337 e. The summed E-state index contributed by atoms with van der Waals surface area (Å²) in [6.45, 7) is 2.03. The number of nitrogens with zero attached hydrogens (tertiary/aromatic N) is 9. The van der Waals surface area contributed by atoms with Gasteiger partial charge in [0.15, 0.2) is 0 Å². The highest BCUT2D eigenvalue weighted by Crippen LogP contribution is 2.09. The van der Waals surface area contributed by atoms with Crippen molar-refractivity contribution in [3.8, 4) is 0 Å². The predicted molar refractivity (Wildman–Crippen MR) is 63.3 cm³/mol. The molecule has 0 aliphatic carbocycles. The fourth-order valence-corrected chi connectivity index (χ4v) is 1.82. The lowest BCUT2D eigenvalue weighted by atomic mass is 10.1. The van der Waals surface area contributed by atoms with Crippen molar-refractivity contribution in [1.82, 2.24) is 44.8 Å². The number of tetrazole rings is 1. The summed E-state index contributed by atoms with van der Waals surface area (Å²) in [5, 5.41) is 18.9. The third-order valence-corrected chi connectivity index (χ3v) is 2.60. The van der Waals surface area contributed by atoms with E-state index in [1.54, 1.807) is 34.4 Å². The Morgan fingerprint density at radius 1 is 0.842 bits per heavy atom. The maximum atomic E-state index is 4.04. The van der Waals surface area contributed by atoms with Crippen LogP contribution in [0.4, 0.5) is 0 Å². The van der Waals surface area contributed by atoms with E-state index in [4.69, 9.17) is 0 Å². The second kappa shape index (κ2) is 5.38. The third kappa shape index (κ3) is 3.00. The lowest BCUT2D eigenvalue weighted by molar-refractivity contribution is 0.470. The molecular formula is C10H12N9. The van der Waals surface area contributed by atoms with Crippen LogP contribution in [0.25, 0.3) is 0 Å². The number of hydrogen-bond acceptors (Lipinski definition) is 6. The molecule has 0 aromatic carbocycles. The molecule has 3 aromatic rings. The molecule has 0 spiro atoms. The van der Waals surface area contributed by atoms with Crippen molar-refractivity contribution in [2.75, 3.05) is 0 Å². The lowest BCUT2D eigenvalue weighted by Crippen LogP contribution is -2.20. The van der Waals surface area contributed by atoms with Gasteiger partial charge in [0.05, 0.1) is 25.6 Å². The van der Waals surface area contributed by atoms with E-state index in [0.717, 1.165) is 6.54 Å². The highest BCUT2D eigenvalue weighted by Gasteiger charge is 2.13. The number of imidazole rings is 1. The van der Waals surface area contributed by atoms with Crippen LogP contribution in [0.1, 0.15) is 0 Å². The molecule has 0 N–H and O–H groups in total. The minimum absolute atomic E-state index is 0.630. The fourth-order valence-electron chi connectivity index (χ4n) is 1.82. The molecule has 0 aliphatic heterocycles. The molecule has 1 radical (unpaired) electrons. The first-order valence-electron chi connectivity index (χ1n) is 5.74. The van der Waals surface area contributed by atoms with Gasteiger partial charge in [0.2, 0.25) is 0 Å². The Kier molecular flexibility index (Phi) is 3.26. The van der Waals surface area contributed by atoms with Crippen molar-refractivity contribution in [3.63, 3.8) is 0 Å². The molecule has 0 unspecified atom stereocenters. The van der Waals surface area contributed by atoms with Crippen molar-refractivity contribution in [2.24, 2.45) is 0 Å². The van der Waals surface area contributed by atoms with Gasteiger partial charge < -0.3 is 4.57 Å².